The number of benzene rings is 1. The SMILES string of the molecule is CCC(C)C(NC(=O)C(N)CCC(=O)O)C(=O)NC(CC(N)=O)C(=O)NC(Cc1ccccc1)C(=O)O. The van der Waals surface area contributed by atoms with Crippen LogP contribution in [0.25, 0.3) is 0 Å². The smallest absolute Gasteiger partial charge is 0.326 e. The van der Waals surface area contributed by atoms with Gasteiger partial charge in [-0.15, -0.1) is 0 Å². The van der Waals surface area contributed by atoms with Gasteiger partial charge in [-0.2, -0.15) is 0 Å². The fourth-order valence-electron chi connectivity index (χ4n) is 3.37. The number of carbonyl (C=O) groups is 6. The summed E-state index contributed by atoms with van der Waals surface area (Å²) in [6.07, 6.45) is -0.717. The Hall–Kier alpha value is -4.00. The lowest BCUT2D eigenvalue weighted by Crippen LogP contribution is -2.59. The minimum Gasteiger partial charge on any atom is -0.481 e. The number of hydrogen-bond acceptors (Lipinski definition) is 7. The Morgan fingerprint density at radius 2 is 1.49 bits per heavy atom. The standard InChI is InChI=1S/C24H35N5O8/c1-3-13(2)20(29-21(33)15(25)9-10-19(31)32)23(35)27-16(12-18(26)30)22(34)28-17(24(36)37)11-14-7-5-4-6-8-14/h4-8,13,15-17,20H,3,9-12,25H2,1-2H3,(H2,26,30)(H,27,35)(H,28,34)(H,29,33)(H,31,32)(H,36,37). The van der Waals surface area contributed by atoms with E-state index in [0.29, 0.717) is 12.0 Å². The Balaban J connectivity index is 3.01. The molecule has 5 atom stereocenters. The van der Waals surface area contributed by atoms with Gasteiger partial charge in [-0.25, -0.2) is 4.79 Å². The molecule has 4 amide bonds. The number of amides is 4. The lowest BCUT2D eigenvalue weighted by molar-refractivity contribution is -0.142. The van der Waals surface area contributed by atoms with Crippen molar-refractivity contribution in [3.05, 3.63) is 35.9 Å². The summed E-state index contributed by atoms with van der Waals surface area (Å²) in [7, 11) is 0. The highest BCUT2D eigenvalue weighted by Crippen LogP contribution is 2.10. The predicted octanol–water partition coefficient (Wildman–Crippen LogP) is -1.12. The molecule has 5 unspecified atom stereocenters. The maximum absolute atomic E-state index is 13.1. The predicted molar refractivity (Wildman–Crippen MR) is 132 cm³/mol. The van der Waals surface area contributed by atoms with Gasteiger partial charge >= 0.3 is 11.9 Å². The number of rotatable bonds is 16. The number of hydrogen-bond donors (Lipinski definition) is 7. The summed E-state index contributed by atoms with van der Waals surface area (Å²) in [4.78, 5) is 72.5. The molecule has 0 fully saturated rings. The first-order valence-corrected chi connectivity index (χ1v) is 11.8. The van der Waals surface area contributed by atoms with Gasteiger partial charge in [-0.05, 0) is 17.9 Å². The first-order chi connectivity index (χ1) is 17.3. The summed E-state index contributed by atoms with van der Waals surface area (Å²) < 4.78 is 0. The number of nitrogens with two attached hydrogens (primary N) is 2. The third kappa shape index (κ3) is 11.1. The second kappa shape index (κ2) is 15.2. The van der Waals surface area contributed by atoms with Crippen LogP contribution < -0.4 is 27.4 Å². The molecular weight excluding hydrogens is 486 g/mol. The summed E-state index contributed by atoms with van der Waals surface area (Å²) in [5.74, 6) is -6.32. The van der Waals surface area contributed by atoms with E-state index < -0.39 is 72.1 Å². The second-order valence-corrected chi connectivity index (χ2v) is 8.73. The minimum absolute atomic E-state index is 0.0427. The highest BCUT2D eigenvalue weighted by Gasteiger charge is 2.33. The highest BCUT2D eigenvalue weighted by molar-refractivity contribution is 5.96. The zero-order chi connectivity index (χ0) is 28.1. The first-order valence-electron chi connectivity index (χ1n) is 11.8. The maximum Gasteiger partial charge on any atom is 0.326 e. The van der Waals surface area contributed by atoms with Gasteiger partial charge in [0.25, 0.3) is 0 Å². The molecule has 0 aromatic heterocycles. The summed E-state index contributed by atoms with van der Waals surface area (Å²) in [5.41, 5.74) is 11.6. The summed E-state index contributed by atoms with van der Waals surface area (Å²) in [6.45, 7) is 3.42. The lowest BCUT2D eigenvalue weighted by atomic mass is 9.97. The van der Waals surface area contributed by atoms with Crippen molar-refractivity contribution in [1.29, 1.82) is 0 Å². The van der Waals surface area contributed by atoms with Crippen LogP contribution >= 0.6 is 0 Å². The first kappa shape index (κ1) is 31.0. The van der Waals surface area contributed by atoms with E-state index in [9.17, 15) is 33.9 Å². The molecule has 1 aromatic carbocycles. The largest absolute Gasteiger partial charge is 0.481 e. The van der Waals surface area contributed by atoms with Gasteiger partial charge < -0.3 is 37.6 Å². The Kier molecular flexibility index (Phi) is 12.7. The Morgan fingerprint density at radius 3 is 2.00 bits per heavy atom. The van der Waals surface area contributed by atoms with Gasteiger partial charge in [0, 0.05) is 12.8 Å². The summed E-state index contributed by atoms with van der Waals surface area (Å²) >= 11 is 0. The zero-order valence-electron chi connectivity index (χ0n) is 20.8. The van der Waals surface area contributed by atoms with E-state index in [-0.39, 0.29) is 19.3 Å². The molecule has 1 rings (SSSR count). The molecule has 1 aromatic rings. The lowest BCUT2D eigenvalue weighted by Gasteiger charge is -2.27. The van der Waals surface area contributed by atoms with E-state index in [1.807, 2.05) is 0 Å². The van der Waals surface area contributed by atoms with E-state index in [2.05, 4.69) is 16.0 Å². The molecule has 0 saturated carbocycles. The molecule has 0 heterocycles. The van der Waals surface area contributed by atoms with Crippen LogP contribution in [0.1, 0.15) is 45.1 Å². The Morgan fingerprint density at radius 1 is 0.892 bits per heavy atom. The quantitative estimate of drug-likeness (QED) is 0.139. The van der Waals surface area contributed by atoms with E-state index >= 15 is 0 Å². The van der Waals surface area contributed by atoms with E-state index in [0.717, 1.165) is 0 Å². The fourth-order valence-corrected chi connectivity index (χ4v) is 3.37. The molecule has 0 spiro atoms. The molecule has 13 heteroatoms. The van der Waals surface area contributed by atoms with E-state index in [1.165, 1.54) is 0 Å². The number of primary amides is 1. The number of carboxylic acids is 2. The molecule has 13 nitrogen and oxygen atoms in total. The third-order valence-electron chi connectivity index (χ3n) is 5.73. The molecule has 9 N–H and O–H groups in total. The van der Waals surface area contributed by atoms with Gasteiger partial charge in [0.2, 0.25) is 23.6 Å². The van der Waals surface area contributed by atoms with Gasteiger partial charge in [-0.1, -0.05) is 50.6 Å². The van der Waals surface area contributed by atoms with Crippen molar-refractivity contribution < 1.29 is 39.0 Å². The molecule has 0 radical (unpaired) electrons. The van der Waals surface area contributed by atoms with E-state index in [1.54, 1.807) is 44.2 Å². The van der Waals surface area contributed by atoms with Crippen molar-refractivity contribution in [3.63, 3.8) is 0 Å². The van der Waals surface area contributed by atoms with E-state index in [4.69, 9.17) is 16.6 Å². The molecule has 204 valence electrons. The van der Waals surface area contributed by atoms with Gasteiger partial charge in [0.05, 0.1) is 12.5 Å². The average Bonchev–Trinajstić information content (AvgIpc) is 2.84. The Bertz CT molecular complexity index is 971. The number of carboxylic acid groups (broad SMARTS) is 2. The number of nitrogens with one attached hydrogen (secondary N) is 3. The van der Waals surface area contributed by atoms with Gasteiger partial charge in [-0.3, -0.25) is 24.0 Å². The average molecular weight is 522 g/mol. The topological polar surface area (TPSA) is 231 Å². The van der Waals surface area contributed by atoms with Crippen LogP contribution in [0.4, 0.5) is 0 Å². The van der Waals surface area contributed by atoms with Crippen molar-refractivity contribution in [3.8, 4) is 0 Å². The fraction of sp³-hybridized carbons (Fsp3) is 0.500. The monoisotopic (exact) mass is 521 g/mol. The molecule has 0 bridgehead atoms. The van der Waals surface area contributed by atoms with Crippen molar-refractivity contribution >= 4 is 35.6 Å². The third-order valence-corrected chi connectivity index (χ3v) is 5.73. The number of aliphatic carboxylic acids is 2. The molecular formula is C24H35N5O8. The Labute approximate surface area is 214 Å². The maximum atomic E-state index is 13.1. The highest BCUT2D eigenvalue weighted by atomic mass is 16.4. The van der Waals surface area contributed by atoms with Crippen LogP contribution in [0.5, 0.6) is 0 Å². The van der Waals surface area contributed by atoms with Crippen LogP contribution in [0, 0.1) is 5.92 Å². The van der Waals surface area contributed by atoms with Crippen LogP contribution in [0.2, 0.25) is 0 Å². The van der Waals surface area contributed by atoms with Crippen molar-refractivity contribution in [1.82, 2.24) is 16.0 Å². The summed E-state index contributed by atoms with van der Waals surface area (Å²) in [5, 5.41) is 25.5. The summed E-state index contributed by atoms with van der Waals surface area (Å²) in [6, 6.07) is 3.34. The second-order valence-electron chi connectivity index (χ2n) is 8.73. The van der Waals surface area contributed by atoms with Gasteiger partial charge in [0.1, 0.15) is 18.1 Å². The number of carbonyl (C=O) groups excluding carboxylic acids is 4. The van der Waals surface area contributed by atoms with Crippen LogP contribution in [0.3, 0.4) is 0 Å². The zero-order valence-corrected chi connectivity index (χ0v) is 20.8. The minimum atomic E-state index is -1.51. The van der Waals surface area contributed by atoms with Crippen molar-refractivity contribution in [2.75, 3.05) is 0 Å². The molecule has 0 saturated heterocycles. The molecule has 0 aliphatic carbocycles. The molecule has 37 heavy (non-hydrogen) atoms. The normalized spacial score (nSPS) is 14.8. The van der Waals surface area contributed by atoms with Crippen molar-refractivity contribution in [2.45, 2.75) is 70.1 Å². The van der Waals surface area contributed by atoms with Crippen molar-refractivity contribution in [2.24, 2.45) is 17.4 Å². The van der Waals surface area contributed by atoms with Crippen LogP contribution in [-0.2, 0) is 35.2 Å². The van der Waals surface area contributed by atoms with Gasteiger partial charge in [0.15, 0.2) is 0 Å². The van der Waals surface area contributed by atoms with Crippen LogP contribution in [-0.4, -0.2) is 69.9 Å². The molecule has 0 aliphatic rings. The molecule has 0 aliphatic heterocycles. The van der Waals surface area contributed by atoms with Crippen LogP contribution in [0.15, 0.2) is 30.3 Å².